The summed E-state index contributed by atoms with van der Waals surface area (Å²) in [5.74, 6) is 0.543. The van der Waals surface area contributed by atoms with Crippen molar-refractivity contribution in [3.05, 3.63) is 69.2 Å². The lowest BCUT2D eigenvalue weighted by Crippen LogP contribution is -1.95. The Kier molecular flexibility index (Phi) is 4.94. The maximum atomic E-state index is 6.24. The van der Waals surface area contributed by atoms with Gasteiger partial charge in [-0.3, -0.25) is 0 Å². The van der Waals surface area contributed by atoms with E-state index >= 15 is 0 Å². The summed E-state index contributed by atoms with van der Waals surface area (Å²) in [5.41, 5.74) is 3.56. The molecule has 100 valence electrons. The quantitative estimate of drug-likeness (QED) is 0.542. The number of hydrogen-bond donors (Lipinski definition) is 0. The molecule has 0 N–H and O–H groups in total. The number of benzene rings is 2. The van der Waals surface area contributed by atoms with Crippen molar-refractivity contribution in [1.29, 1.82) is 0 Å². The van der Waals surface area contributed by atoms with E-state index in [9.17, 15) is 0 Å². The van der Waals surface area contributed by atoms with E-state index in [0.29, 0.717) is 16.0 Å². The fourth-order valence-corrected chi connectivity index (χ4v) is 3.29. The van der Waals surface area contributed by atoms with E-state index in [1.165, 1.54) is 11.1 Å². The SMILES string of the molecule is CC(C)c1ccc(C(Br)c2ccc(Cl)cc2Cl)cc1. The Morgan fingerprint density at radius 1 is 0.895 bits per heavy atom. The van der Waals surface area contributed by atoms with Crippen LogP contribution in [-0.4, -0.2) is 0 Å². The van der Waals surface area contributed by atoms with Crippen molar-refractivity contribution in [2.24, 2.45) is 0 Å². The molecule has 0 spiro atoms. The van der Waals surface area contributed by atoms with Gasteiger partial charge in [-0.25, -0.2) is 0 Å². The zero-order chi connectivity index (χ0) is 14.0. The summed E-state index contributed by atoms with van der Waals surface area (Å²) in [6, 6.07) is 14.2. The number of halogens is 3. The maximum absolute atomic E-state index is 6.24. The van der Waals surface area contributed by atoms with E-state index in [1.807, 2.05) is 12.1 Å². The second-order valence-electron chi connectivity index (χ2n) is 4.85. The highest BCUT2D eigenvalue weighted by molar-refractivity contribution is 9.09. The van der Waals surface area contributed by atoms with Crippen LogP contribution in [0.25, 0.3) is 0 Å². The van der Waals surface area contributed by atoms with Gasteiger partial charge in [0, 0.05) is 10.0 Å². The van der Waals surface area contributed by atoms with Gasteiger partial charge in [0.1, 0.15) is 0 Å². The Morgan fingerprint density at radius 3 is 2.00 bits per heavy atom. The minimum Gasteiger partial charge on any atom is -0.0843 e. The van der Waals surface area contributed by atoms with Crippen LogP contribution < -0.4 is 0 Å². The average Bonchev–Trinajstić information content (AvgIpc) is 2.38. The van der Waals surface area contributed by atoms with E-state index in [1.54, 1.807) is 6.07 Å². The third-order valence-electron chi connectivity index (χ3n) is 3.13. The first-order valence-electron chi connectivity index (χ1n) is 6.18. The molecule has 0 heterocycles. The summed E-state index contributed by atoms with van der Waals surface area (Å²) >= 11 is 15.9. The van der Waals surface area contributed by atoms with Crippen LogP contribution in [-0.2, 0) is 0 Å². The molecule has 0 nitrogen and oxygen atoms in total. The van der Waals surface area contributed by atoms with Crippen molar-refractivity contribution in [3.8, 4) is 0 Å². The molecule has 0 aliphatic rings. The Bertz CT molecular complexity index is 561. The van der Waals surface area contributed by atoms with Crippen molar-refractivity contribution in [2.45, 2.75) is 24.6 Å². The van der Waals surface area contributed by atoms with Gasteiger partial charge in [0.15, 0.2) is 0 Å². The van der Waals surface area contributed by atoms with Gasteiger partial charge in [-0.1, -0.05) is 83.3 Å². The van der Waals surface area contributed by atoms with Crippen molar-refractivity contribution < 1.29 is 0 Å². The van der Waals surface area contributed by atoms with Crippen LogP contribution in [0.4, 0.5) is 0 Å². The van der Waals surface area contributed by atoms with E-state index in [4.69, 9.17) is 23.2 Å². The van der Waals surface area contributed by atoms with Gasteiger partial charge in [0.2, 0.25) is 0 Å². The smallest absolute Gasteiger partial charge is 0.0659 e. The molecule has 0 saturated heterocycles. The third-order valence-corrected chi connectivity index (χ3v) is 4.72. The summed E-state index contributed by atoms with van der Waals surface area (Å²) in [7, 11) is 0. The fourth-order valence-electron chi connectivity index (χ4n) is 1.94. The molecule has 0 radical (unpaired) electrons. The van der Waals surface area contributed by atoms with E-state index in [2.05, 4.69) is 54.0 Å². The van der Waals surface area contributed by atoms with Gasteiger partial charge in [-0.05, 0) is 34.7 Å². The number of alkyl halides is 1. The van der Waals surface area contributed by atoms with Gasteiger partial charge in [-0.2, -0.15) is 0 Å². The van der Waals surface area contributed by atoms with Crippen molar-refractivity contribution in [1.82, 2.24) is 0 Å². The molecule has 0 fully saturated rings. The standard InChI is InChI=1S/C16H15BrCl2/c1-10(2)11-3-5-12(6-4-11)16(17)14-8-7-13(18)9-15(14)19/h3-10,16H,1-2H3. The Morgan fingerprint density at radius 2 is 1.47 bits per heavy atom. The summed E-state index contributed by atoms with van der Waals surface area (Å²) < 4.78 is 0. The van der Waals surface area contributed by atoms with Crippen LogP contribution in [0.15, 0.2) is 42.5 Å². The topological polar surface area (TPSA) is 0 Å². The van der Waals surface area contributed by atoms with Gasteiger partial charge in [-0.15, -0.1) is 0 Å². The second kappa shape index (κ2) is 6.30. The van der Waals surface area contributed by atoms with E-state index in [0.717, 1.165) is 5.56 Å². The molecule has 2 aromatic rings. The third kappa shape index (κ3) is 3.53. The zero-order valence-electron chi connectivity index (χ0n) is 10.8. The van der Waals surface area contributed by atoms with E-state index < -0.39 is 0 Å². The minimum atomic E-state index is 0.0819. The highest BCUT2D eigenvalue weighted by Crippen LogP contribution is 2.36. The van der Waals surface area contributed by atoms with Crippen molar-refractivity contribution >= 4 is 39.1 Å². The lowest BCUT2D eigenvalue weighted by molar-refractivity contribution is 0.865. The summed E-state index contributed by atoms with van der Waals surface area (Å²) in [6.45, 7) is 4.38. The monoisotopic (exact) mass is 356 g/mol. The molecule has 0 aliphatic carbocycles. The average molecular weight is 358 g/mol. The molecule has 0 aromatic heterocycles. The number of hydrogen-bond acceptors (Lipinski definition) is 0. The first kappa shape index (κ1) is 14.9. The summed E-state index contributed by atoms with van der Waals surface area (Å²) in [6.07, 6.45) is 0. The highest BCUT2D eigenvalue weighted by Gasteiger charge is 2.14. The molecule has 3 heteroatoms. The Balaban J connectivity index is 2.30. The highest BCUT2D eigenvalue weighted by atomic mass is 79.9. The predicted octanol–water partition coefficient (Wildman–Crippen LogP) is 6.60. The van der Waals surface area contributed by atoms with Crippen LogP contribution in [0, 0.1) is 0 Å². The molecule has 19 heavy (non-hydrogen) atoms. The largest absolute Gasteiger partial charge is 0.0843 e. The summed E-state index contributed by atoms with van der Waals surface area (Å²) in [4.78, 5) is 0.0819. The fraction of sp³-hybridized carbons (Fsp3) is 0.250. The van der Waals surface area contributed by atoms with Crippen molar-refractivity contribution in [2.75, 3.05) is 0 Å². The minimum absolute atomic E-state index is 0.0819. The molecule has 0 saturated carbocycles. The van der Waals surface area contributed by atoms with Gasteiger partial charge >= 0.3 is 0 Å². The number of rotatable bonds is 3. The van der Waals surface area contributed by atoms with Gasteiger partial charge in [0.05, 0.1) is 4.83 Å². The van der Waals surface area contributed by atoms with Crippen LogP contribution in [0.1, 0.15) is 41.3 Å². The first-order chi connectivity index (χ1) is 8.99. The predicted molar refractivity (Wildman–Crippen MR) is 87.8 cm³/mol. The molecular weight excluding hydrogens is 343 g/mol. The molecule has 0 bridgehead atoms. The molecule has 0 aliphatic heterocycles. The normalized spacial score (nSPS) is 12.7. The molecule has 0 amide bonds. The van der Waals surface area contributed by atoms with E-state index in [-0.39, 0.29) is 4.83 Å². The lowest BCUT2D eigenvalue weighted by atomic mass is 9.99. The first-order valence-corrected chi connectivity index (χ1v) is 7.85. The summed E-state index contributed by atoms with van der Waals surface area (Å²) in [5, 5.41) is 1.34. The second-order valence-corrected chi connectivity index (χ2v) is 6.61. The van der Waals surface area contributed by atoms with Gasteiger partial charge in [0.25, 0.3) is 0 Å². The lowest BCUT2D eigenvalue weighted by Gasteiger charge is -2.14. The van der Waals surface area contributed by atoms with Gasteiger partial charge < -0.3 is 0 Å². The van der Waals surface area contributed by atoms with Crippen LogP contribution >= 0.6 is 39.1 Å². The molecular formula is C16H15BrCl2. The molecule has 1 atom stereocenters. The molecule has 2 rings (SSSR count). The molecule has 2 aromatic carbocycles. The Hall–Kier alpha value is -0.500. The van der Waals surface area contributed by atoms with Crippen LogP contribution in [0.3, 0.4) is 0 Å². The van der Waals surface area contributed by atoms with Crippen LogP contribution in [0.2, 0.25) is 10.0 Å². The molecule has 1 unspecified atom stereocenters. The zero-order valence-corrected chi connectivity index (χ0v) is 13.9. The Labute approximate surface area is 132 Å². The van der Waals surface area contributed by atoms with Crippen LogP contribution in [0.5, 0.6) is 0 Å². The maximum Gasteiger partial charge on any atom is 0.0659 e. The van der Waals surface area contributed by atoms with Crippen molar-refractivity contribution in [3.63, 3.8) is 0 Å².